The molecule has 144 valence electrons. The molecule has 2 heterocycles. The van der Waals surface area contributed by atoms with Crippen LogP contribution in [0.2, 0.25) is 0 Å². The summed E-state index contributed by atoms with van der Waals surface area (Å²) in [5, 5.41) is 11.6. The van der Waals surface area contributed by atoms with E-state index < -0.39 is 0 Å². The quantitative estimate of drug-likeness (QED) is 0.379. The lowest BCUT2D eigenvalue weighted by Gasteiger charge is -2.11. The van der Waals surface area contributed by atoms with Gasteiger partial charge in [-0.05, 0) is 23.8 Å². The Labute approximate surface area is 172 Å². The van der Waals surface area contributed by atoms with Gasteiger partial charge < -0.3 is 11.2 Å². The van der Waals surface area contributed by atoms with Gasteiger partial charge in [0.25, 0.3) is 0 Å². The van der Waals surface area contributed by atoms with E-state index in [1.54, 1.807) is 18.5 Å². The maximum atomic E-state index is 12.5. The van der Waals surface area contributed by atoms with E-state index in [9.17, 15) is 4.79 Å². The number of nitrogens with zero attached hydrogens (tertiary/aromatic N) is 4. The molecule has 0 saturated heterocycles. The van der Waals surface area contributed by atoms with Gasteiger partial charge in [-0.2, -0.15) is 0 Å². The highest BCUT2D eigenvalue weighted by Gasteiger charge is 2.14. The Kier molecular flexibility index (Phi) is 5.53. The van der Waals surface area contributed by atoms with Crippen LogP contribution in [0.25, 0.3) is 22.5 Å². The molecule has 0 aliphatic carbocycles. The van der Waals surface area contributed by atoms with Crippen LogP contribution < -0.4 is 11.2 Å². The van der Waals surface area contributed by atoms with Crippen LogP contribution in [0.5, 0.6) is 0 Å². The lowest BCUT2D eigenvalue weighted by molar-refractivity contribution is -0.113. The van der Waals surface area contributed by atoms with Crippen molar-refractivity contribution in [1.82, 2.24) is 19.9 Å². The number of nitrogens with one attached hydrogen (secondary N) is 1. The summed E-state index contributed by atoms with van der Waals surface area (Å²) in [5.41, 5.74) is 3.52. The van der Waals surface area contributed by atoms with Crippen LogP contribution in [-0.4, -0.2) is 31.5 Å². The van der Waals surface area contributed by atoms with Gasteiger partial charge in [0.05, 0.1) is 5.75 Å². The van der Waals surface area contributed by atoms with Crippen LogP contribution in [0.15, 0.2) is 84.3 Å². The number of benzene rings is 2. The van der Waals surface area contributed by atoms with Gasteiger partial charge in [-0.3, -0.25) is 9.78 Å². The molecule has 0 atom stereocenters. The Morgan fingerprint density at radius 2 is 1.72 bits per heavy atom. The third-order valence-electron chi connectivity index (χ3n) is 4.20. The van der Waals surface area contributed by atoms with Gasteiger partial charge >= 0.3 is 0 Å². The van der Waals surface area contributed by atoms with Gasteiger partial charge in [0.15, 0.2) is 5.82 Å². The average molecular weight is 402 g/mol. The zero-order valence-corrected chi connectivity index (χ0v) is 16.2. The van der Waals surface area contributed by atoms with Gasteiger partial charge in [-0.25, -0.2) is 4.68 Å². The summed E-state index contributed by atoms with van der Waals surface area (Å²) in [6.45, 7) is 0. The third kappa shape index (κ3) is 4.27. The Balaban J connectivity index is 1.44. The van der Waals surface area contributed by atoms with E-state index in [-0.39, 0.29) is 11.7 Å². The van der Waals surface area contributed by atoms with Gasteiger partial charge in [0.1, 0.15) is 0 Å². The van der Waals surface area contributed by atoms with E-state index in [1.165, 1.54) is 16.4 Å². The number of nitrogens with two attached hydrogens (primary N) is 1. The van der Waals surface area contributed by atoms with E-state index in [0.717, 1.165) is 22.4 Å². The van der Waals surface area contributed by atoms with E-state index in [2.05, 4.69) is 20.5 Å². The maximum absolute atomic E-state index is 12.5. The molecule has 0 aliphatic heterocycles. The molecule has 3 N–H and O–H groups in total. The predicted molar refractivity (Wildman–Crippen MR) is 115 cm³/mol. The van der Waals surface area contributed by atoms with Crippen LogP contribution in [0.1, 0.15) is 0 Å². The van der Waals surface area contributed by atoms with Crippen molar-refractivity contribution in [2.75, 3.05) is 16.9 Å². The minimum Gasteiger partial charge on any atom is -0.335 e. The van der Waals surface area contributed by atoms with Crippen molar-refractivity contribution in [2.45, 2.75) is 5.16 Å². The summed E-state index contributed by atoms with van der Waals surface area (Å²) >= 11 is 1.22. The second-order valence-electron chi connectivity index (χ2n) is 6.17. The summed E-state index contributed by atoms with van der Waals surface area (Å²) in [5.74, 6) is 6.59. The van der Waals surface area contributed by atoms with E-state index in [1.807, 2.05) is 60.7 Å². The SMILES string of the molecule is Nn1c(SCC(=O)Nc2ccccc2-c2ccccc2)nnc1-c1cccnc1. The van der Waals surface area contributed by atoms with E-state index >= 15 is 0 Å². The minimum atomic E-state index is -0.149. The number of anilines is 1. The van der Waals surface area contributed by atoms with Crippen molar-refractivity contribution in [3.63, 3.8) is 0 Å². The summed E-state index contributed by atoms with van der Waals surface area (Å²) in [6, 6.07) is 21.3. The van der Waals surface area contributed by atoms with Crippen molar-refractivity contribution >= 4 is 23.4 Å². The number of hydrogen-bond acceptors (Lipinski definition) is 6. The van der Waals surface area contributed by atoms with E-state index in [0.29, 0.717) is 11.0 Å². The van der Waals surface area contributed by atoms with Gasteiger partial charge in [-0.1, -0.05) is 60.3 Å². The van der Waals surface area contributed by atoms with Crippen molar-refractivity contribution < 1.29 is 4.79 Å². The summed E-state index contributed by atoms with van der Waals surface area (Å²) in [7, 11) is 0. The van der Waals surface area contributed by atoms with Gasteiger partial charge in [0.2, 0.25) is 11.1 Å². The van der Waals surface area contributed by atoms with E-state index in [4.69, 9.17) is 5.84 Å². The first-order chi connectivity index (χ1) is 14.2. The maximum Gasteiger partial charge on any atom is 0.234 e. The van der Waals surface area contributed by atoms with Crippen molar-refractivity contribution in [2.24, 2.45) is 0 Å². The first-order valence-corrected chi connectivity index (χ1v) is 9.89. The number of hydrogen-bond donors (Lipinski definition) is 2. The second kappa shape index (κ2) is 8.57. The molecular formula is C21H18N6OS. The highest BCUT2D eigenvalue weighted by atomic mass is 32.2. The Morgan fingerprint density at radius 1 is 0.966 bits per heavy atom. The first kappa shape index (κ1) is 18.7. The molecule has 0 radical (unpaired) electrons. The lowest BCUT2D eigenvalue weighted by Crippen LogP contribution is -2.16. The number of rotatable bonds is 6. The fourth-order valence-electron chi connectivity index (χ4n) is 2.85. The average Bonchev–Trinajstić information content (AvgIpc) is 3.14. The van der Waals surface area contributed by atoms with Crippen molar-refractivity contribution in [3.8, 4) is 22.5 Å². The summed E-state index contributed by atoms with van der Waals surface area (Å²) in [4.78, 5) is 16.6. The number of aromatic nitrogens is 4. The van der Waals surface area contributed by atoms with Crippen molar-refractivity contribution in [3.05, 3.63) is 79.1 Å². The fourth-order valence-corrected chi connectivity index (χ4v) is 3.50. The molecule has 1 amide bonds. The molecule has 0 spiro atoms. The number of thioether (sulfide) groups is 1. The lowest BCUT2D eigenvalue weighted by atomic mass is 10.0. The Bertz CT molecular complexity index is 1110. The molecule has 0 aliphatic rings. The van der Waals surface area contributed by atoms with Crippen molar-refractivity contribution in [1.29, 1.82) is 0 Å². The third-order valence-corrected chi connectivity index (χ3v) is 5.15. The standard InChI is InChI=1S/C21H18N6OS/c22-27-20(16-9-6-12-23-13-16)25-26-21(27)29-14-19(28)24-18-11-5-4-10-17(18)15-7-2-1-3-8-15/h1-13H,14,22H2,(H,24,28). The van der Waals surface area contributed by atoms with Crippen LogP contribution in [0.4, 0.5) is 5.69 Å². The largest absolute Gasteiger partial charge is 0.335 e. The highest BCUT2D eigenvalue weighted by Crippen LogP contribution is 2.28. The smallest absolute Gasteiger partial charge is 0.234 e. The molecule has 8 heteroatoms. The zero-order valence-electron chi connectivity index (χ0n) is 15.4. The van der Waals surface area contributed by atoms with Crippen LogP contribution in [0.3, 0.4) is 0 Å². The second-order valence-corrected chi connectivity index (χ2v) is 7.11. The number of para-hydroxylation sites is 1. The summed E-state index contributed by atoms with van der Waals surface area (Å²) in [6.07, 6.45) is 3.34. The Morgan fingerprint density at radius 3 is 2.52 bits per heavy atom. The number of carbonyl (C=O) groups is 1. The predicted octanol–water partition coefficient (Wildman–Crippen LogP) is 3.45. The minimum absolute atomic E-state index is 0.149. The molecule has 0 fully saturated rings. The Hall–Kier alpha value is -3.65. The molecular weight excluding hydrogens is 384 g/mol. The molecule has 0 bridgehead atoms. The van der Waals surface area contributed by atoms with Crippen LogP contribution in [0, 0.1) is 0 Å². The molecule has 2 aromatic carbocycles. The monoisotopic (exact) mass is 402 g/mol. The zero-order chi connectivity index (χ0) is 20.1. The van der Waals surface area contributed by atoms with Crippen LogP contribution in [-0.2, 0) is 4.79 Å². The van der Waals surface area contributed by atoms with Crippen LogP contribution >= 0.6 is 11.8 Å². The molecule has 0 unspecified atom stereocenters. The first-order valence-electron chi connectivity index (χ1n) is 8.90. The molecule has 4 aromatic rings. The molecule has 4 rings (SSSR count). The molecule has 2 aromatic heterocycles. The number of nitrogen functional groups attached to an aromatic ring is 1. The number of carbonyl (C=O) groups excluding carboxylic acids is 1. The van der Waals surface area contributed by atoms with Gasteiger partial charge in [-0.15, -0.1) is 10.2 Å². The van der Waals surface area contributed by atoms with Gasteiger partial charge in [0, 0.05) is 29.2 Å². The normalized spacial score (nSPS) is 10.6. The highest BCUT2D eigenvalue weighted by molar-refractivity contribution is 7.99. The molecule has 7 nitrogen and oxygen atoms in total. The molecule has 29 heavy (non-hydrogen) atoms. The topological polar surface area (TPSA) is 98.7 Å². The number of pyridine rings is 1. The summed E-state index contributed by atoms with van der Waals surface area (Å²) < 4.78 is 1.37. The molecule has 0 saturated carbocycles. The number of amides is 1. The fraction of sp³-hybridized carbons (Fsp3) is 0.0476.